The molecule has 0 radical (unpaired) electrons. The van der Waals surface area contributed by atoms with Crippen LogP contribution in [0.4, 0.5) is 5.69 Å². The number of amides is 1. The quantitative estimate of drug-likeness (QED) is 0.288. The second-order valence-corrected chi connectivity index (χ2v) is 9.05. The standard InChI is InChI=1S/C31H33N3O2/c1-24-12-11-20-32-30(24)28(31(36)33-27-17-9-4-10-18-27)19-21-34(22-25-13-5-2-6-14-25)23-29(35)26-15-7-3-8-16-26/h2-18,20,28-29,35H,19,21-23H2,1H3,(H,33,36). The highest BCUT2D eigenvalue weighted by Crippen LogP contribution is 2.25. The lowest BCUT2D eigenvalue weighted by Crippen LogP contribution is -2.32. The summed E-state index contributed by atoms with van der Waals surface area (Å²) in [4.78, 5) is 20.3. The number of aryl methyl sites for hydroxylation is 1. The number of nitrogens with zero attached hydrogens (tertiary/aromatic N) is 2. The van der Waals surface area contributed by atoms with Crippen LogP contribution < -0.4 is 5.32 Å². The van der Waals surface area contributed by atoms with Crippen LogP contribution in [0, 0.1) is 6.92 Å². The molecule has 5 heteroatoms. The maximum absolute atomic E-state index is 13.5. The van der Waals surface area contributed by atoms with Gasteiger partial charge in [-0.15, -0.1) is 0 Å². The lowest BCUT2D eigenvalue weighted by molar-refractivity contribution is -0.117. The van der Waals surface area contributed by atoms with Gasteiger partial charge in [0.1, 0.15) is 0 Å². The number of nitrogens with one attached hydrogen (secondary N) is 1. The maximum atomic E-state index is 13.5. The molecule has 0 aliphatic carbocycles. The van der Waals surface area contributed by atoms with Crippen LogP contribution in [-0.4, -0.2) is 34.0 Å². The van der Waals surface area contributed by atoms with Gasteiger partial charge in [-0.05, 0) is 54.8 Å². The van der Waals surface area contributed by atoms with Crippen LogP contribution in [0.5, 0.6) is 0 Å². The van der Waals surface area contributed by atoms with Gasteiger partial charge in [0.2, 0.25) is 5.91 Å². The highest BCUT2D eigenvalue weighted by Gasteiger charge is 2.25. The Kier molecular flexibility index (Phi) is 8.98. The topological polar surface area (TPSA) is 65.5 Å². The molecule has 4 rings (SSSR count). The normalized spacial score (nSPS) is 12.8. The molecule has 0 aliphatic heterocycles. The van der Waals surface area contributed by atoms with E-state index in [1.807, 2.05) is 97.9 Å². The van der Waals surface area contributed by atoms with E-state index in [4.69, 9.17) is 0 Å². The van der Waals surface area contributed by atoms with Gasteiger partial charge in [-0.1, -0.05) is 84.9 Å². The fourth-order valence-electron chi connectivity index (χ4n) is 4.42. The SMILES string of the molecule is Cc1cccnc1C(CCN(Cc1ccccc1)CC(O)c1ccccc1)C(=O)Nc1ccccc1. The summed E-state index contributed by atoms with van der Waals surface area (Å²) < 4.78 is 0. The Labute approximate surface area is 213 Å². The zero-order valence-corrected chi connectivity index (χ0v) is 20.6. The fraction of sp³-hybridized carbons (Fsp3) is 0.226. The number of benzene rings is 3. The highest BCUT2D eigenvalue weighted by molar-refractivity contribution is 5.95. The number of aliphatic hydroxyl groups excluding tert-OH is 1. The van der Waals surface area contributed by atoms with E-state index in [2.05, 4.69) is 27.3 Å². The van der Waals surface area contributed by atoms with Crippen LogP contribution in [0.25, 0.3) is 0 Å². The number of aromatic nitrogens is 1. The third-order valence-electron chi connectivity index (χ3n) is 6.34. The summed E-state index contributed by atoms with van der Waals surface area (Å²) >= 11 is 0. The van der Waals surface area contributed by atoms with Crippen molar-refractivity contribution >= 4 is 11.6 Å². The molecule has 2 unspecified atom stereocenters. The van der Waals surface area contributed by atoms with Gasteiger partial charge >= 0.3 is 0 Å². The molecule has 5 nitrogen and oxygen atoms in total. The number of rotatable bonds is 11. The summed E-state index contributed by atoms with van der Waals surface area (Å²) in [6.45, 7) is 3.76. The average molecular weight is 480 g/mol. The van der Waals surface area contributed by atoms with E-state index >= 15 is 0 Å². The Hall–Kier alpha value is -3.80. The Bertz CT molecular complexity index is 1220. The van der Waals surface area contributed by atoms with Crippen molar-refractivity contribution in [1.29, 1.82) is 0 Å². The van der Waals surface area contributed by atoms with Crippen molar-refractivity contribution in [1.82, 2.24) is 9.88 Å². The zero-order valence-electron chi connectivity index (χ0n) is 20.6. The molecule has 0 bridgehead atoms. The van der Waals surface area contributed by atoms with Crippen molar-refractivity contribution in [2.75, 3.05) is 18.4 Å². The van der Waals surface area contributed by atoms with Gasteiger partial charge in [0.05, 0.1) is 17.7 Å². The van der Waals surface area contributed by atoms with Crippen LogP contribution in [-0.2, 0) is 11.3 Å². The molecule has 0 saturated carbocycles. The van der Waals surface area contributed by atoms with Crippen molar-refractivity contribution in [3.05, 3.63) is 132 Å². The van der Waals surface area contributed by atoms with Crippen LogP contribution in [0.15, 0.2) is 109 Å². The third-order valence-corrected chi connectivity index (χ3v) is 6.34. The summed E-state index contributed by atoms with van der Waals surface area (Å²) in [7, 11) is 0. The minimum absolute atomic E-state index is 0.0775. The predicted octanol–water partition coefficient (Wildman–Crippen LogP) is 5.74. The third kappa shape index (κ3) is 7.11. The Balaban J connectivity index is 1.54. The van der Waals surface area contributed by atoms with Gasteiger partial charge in [0.15, 0.2) is 0 Å². The van der Waals surface area contributed by atoms with Gasteiger partial charge in [-0.2, -0.15) is 0 Å². The number of para-hydroxylation sites is 1. The van der Waals surface area contributed by atoms with Gasteiger partial charge in [-0.3, -0.25) is 14.7 Å². The van der Waals surface area contributed by atoms with E-state index in [1.165, 1.54) is 0 Å². The number of carbonyl (C=O) groups excluding carboxylic acids is 1. The zero-order chi connectivity index (χ0) is 25.2. The Morgan fingerprint density at radius 3 is 2.19 bits per heavy atom. The minimum Gasteiger partial charge on any atom is -0.387 e. The van der Waals surface area contributed by atoms with Crippen molar-refractivity contribution < 1.29 is 9.90 Å². The first kappa shape index (κ1) is 25.3. The summed E-state index contributed by atoms with van der Waals surface area (Å²) in [6, 6.07) is 33.3. The van der Waals surface area contributed by atoms with Crippen LogP contribution in [0.2, 0.25) is 0 Å². The molecular weight excluding hydrogens is 446 g/mol. The molecule has 1 amide bonds. The van der Waals surface area contributed by atoms with Gasteiger partial charge in [0.25, 0.3) is 0 Å². The second-order valence-electron chi connectivity index (χ2n) is 9.05. The largest absolute Gasteiger partial charge is 0.387 e. The summed E-state index contributed by atoms with van der Waals surface area (Å²) in [5.41, 5.74) is 4.59. The molecular formula is C31H33N3O2. The molecule has 4 aromatic rings. The monoisotopic (exact) mass is 479 g/mol. The molecule has 0 spiro atoms. The van der Waals surface area contributed by atoms with E-state index in [0.717, 1.165) is 28.1 Å². The van der Waals surface area contributed by atoms with E-state index in [-0.39, 0.29) is 5.91 Å². The first-order valence-electron chi connectivity index (χ1n) is 12.4. The number of hydrogen-bond acceptors (Lipinski definition) is 4. The number of aliphatic hydroxyl groups is 1. The summed E-state index contributed by atoms with van der Waals surface area (Å²) in [5, 5.41) is 14.0. The van der Waals surface area contributed by atoms with Crippen molar-refractivity contribution in [3.63, 3.8) is 0 Å². The Morgan fingerprint density at radius 2 is 1.53 bits per heavy atom. The molecule has 3 aromatic carbocycles. The van der Waals surface area contributed by atoms with E-state index in [1.54, 1.807) is 6.20 Å². The molecule has 36 heavy (non-hydrogen) atoms. The smallest absolute Gasteiger partial charge is 0.233 e. The lowest BCUT2D eigenvalue weighted by Gasteiger charge is -2.27. The van der Waals surface area contributed by atoms with Crippen molar-refractivity contribution in [3.8, 4) is 0 Å². The molecule has 184 valence electrons. The molecule has 2 atom stereocenters. The molecule has 2 N–H and O–H groups in total. The van der Waals surface area contributed by atoms with Crippen molar-refractivity contribution in [2.45, 2.75) is 31.9 Å². The van der Waals surface area contributed by atoms with Crippen LogP contribution in [0.3, 0.4) is 0 Å². The highest BCUT2D eigenvalue weighted by atomic mass is 16.3. The van der Waals surface area contributed by atoms with Crippen LogP contribution in [0.1, 0.15) is 40.8 Å². The minimum atomic E-state index is -0.622. The molecule has 0 aliphatic rings. The van der Waals surface area contributed by atoms with Crippen LogP contribution >= 0.6 is 0 Å². The molecule has 0 saturated heterocycles. The lowest BCUT2D eigenvalue weighted by atomic mass is 9.95. The predicted molar refractivity (Wildman–Crippen MR) is 145 cm³/mol. The summed E-state index contributed by atoms with van der Waals surface area (Å²) in [5.74, 6) is -0.496. The average Bonchev–Trinajstić information content (AvgIpc) is 2.91. The van der Waals surface area contributed by atoms with Gasteiger partial charge in [-0.25, -0.2) is 0 Å². The molecule has 1 heterocycles. The van der Waals surface area contributed by atoms with E-state index in [9.17, 15) is 9.90 Å². The van der Waals surface area contributed by atoms with Gasteiger partial charge in [0, 0.05) is 25.0 Å². The maximum Gasteiger partial charge on any atom is 0.233 e. The molecule has 1 aromatic heterocycles. The van der Waals surface area contributed by atoms with E-state index < -0.39 is 12.0 Å². The Morgan fingerprint density at radius 1 is 0.889 bits per heavy atom. The number of carbonyl (C=O) groups is 1. The van der Waals surface area contributed by atoms with E-state index in [0.29, 0.717) is 26.1 Å². The molecule has 0 fully saturated rings. The number of hydrogen-bond donors (Lipinski definition) is 2. The van der Waals surface area contributed by atoms with Crippen molar-refractivity contribution in [2.24, 2.45) is 0 Å². The summed E-state index contributed by atoms with van der Waals surface area (Å²) in [6.07, 6.45) is 1.69. The van der Waals surface area contributed by atoms with Gasteiger partial charge < -0.3 is 10.4 Å². The number of pyridine rings is 1. The number of anilines is 1. The first-order chi connectivity index (χ1) is 17.6. The fourth-order valence-corrected chi connectivity index (χ4v) is 4.42. The second kappa shape index (κ2) is 12.8. The first-order valence-corrected chi connectivity index (χ1v) is 12.4.